The van der Waals surface area contributed by atoms with Crippen molar-refractivity contribution in [3.05, 3.63) is 29.8 Å². The molecule has 1 aromatic rings. The van der Waals surface area contributed by atoms with E-state index in [0.717, 1.165) is 10.6 Å². The highest BCUT2D eigenvalue weighted by Gasteiger charge is 2.20. The van der Waals surface area contributed by atoms with Crippen molar-refractivity contribution in [3.8, 4) is 0 Å². The number of amides is 1. The highest BCUT2D eigenvalue weighted by atomic mass is 32.2. The number of nitrogens with zero attached hydrogens (tertiary/aromatic N) is 1. The lowest BCUT2D eigenvalue weighted by Gasteiger charge is -2.20. The van der Waals surface area contributed by atoms with Gasteiger partial charge < -0.3 is 5.32 Å². The maximum Gasteiger partial charge on any atom is 0.239 e. The van der Waals surface area contributed by atoms with Crippen molar-refractivity contribution in [1.82, 2.24) is 4.31 Å². The number of benzene rings is 1. The first-order valence-corrected chi connectivity index (χ1v) is 9.30. The second kappa shape index (κ2) is 8.21. The van der Waals surface area contributed by atoms with Gasteiger partial charge in [0.05, 0.1) is 12.8 Å². The van der Waals surface area contributed by atoms with Crippen LogP contribution in [0.15, 0.2) is 24.3 Å². The Morgan fingerprint density at radius 2 is 1.91 bits per heavy atom. The topological polar surface area (TPSA) is 83.6 Å². The molecule has 128 valence electrons. The van der Waals surface area contributed by atoms with Gasteiger partial charge in [-0.25, -0.2) is 8.42 Å². The van der Waals surface area contributed by atoms with Gasteiger partial charge in [0.25, 0.3) is 0 Å². The number of carbonyl (C=O) groups is 2. The van der Waals surface area contributed by atoms with Gasteiger partial charge in [-0.1, -0.05) is 26.0 Å². The molecule has 0 bridgehead atoms. The first kappa shape index (κ1) is 19.3. The standard InChI is InChI=1S/C16H24N2O4S/c1-12(2)8-9-18(23(4,21)22)11-16(20)17-15-7-5-6-14(10-15)13(3)19/h5-7,10,12H,8-9,11H2,1-4H3,(H,17,20). The largest absolute Gasteiger partial charge is 0.325 e. The van der Waals surface area contributed by atoms with Crippen LogP contribution in [0.3, 0.4) is 0 Å². The zero-order valence-corrected chi connectivity index (χ0v) is 14.8. The molecule has 0 aromatic heterocycles. The number of hydrogen-bond donors (Lipinski definition) is 1. The van der Waals surface area contributed by atoms with E-state index in [0.29, 0.717) is 30.1 Å². The van der Waals surface area contributed by atoms with Crippen LogP contribution in [0.2, 0.25) is 0 Å². The Morgan fingerprint density at radius 3 is 2.43 bits per heavy atom. The fourth-order valence-corrected chi connectivity index (χ4v) is 2.73. The van der Waals surface area contributed by atoms with E-state index in [4.69, 9.17) is 0 Å². The molecule has 6 nitrogen and oxygen atoms in total. The minimum Gasteiger partial charge on any atom is -0.325 e. The minimum atomic E-state index is -3.45. The van der Waals surface area contributed by atoms with Crippen LogP contribution < -0.4 is 5.32 Å². The third-order valence-corrected chi connectivity index (χ3v) is 4.55. The molecule has 0 spiro atoms. The van der Waals surface area contributed by atoms with Crippen molar-refractivity contribution >= 4 is 27.4 Å². The van der Waals surface area contributed by atoms with Crippen molar-refractivity contribution in [2.24, 2.45) is 5.92 Å². The van der Waals surface area contributed by atoms with Gasteiger partial charge in [0.1, 0.15) is 0 Å². The summed E-state index contributed by atoms with van der Waals surface area (Å²) in [5.74, 6) is -0.190. The predicted molar refractivity (Wildman–Crippen MR) is 90.9 cm³/mol. The number of nitrogens with one attached hydrogen (secondary N) is 1. The summed E-state index contributed by atoms with van der Waals surface area (Å²) in [6.07, 6.45) is 1.77. The molecule has 1 N–H and O–H groups in total. The Hall–Kier alpha value is -1.73. The Morgan fingerprint density at radius 1 is 1.26 bits per heavy atom. The van der Waals surface area contributed by atoms with Crippen LogP contribution in [0, 0.1) is 5.92 Å². The highest BCUT2D eigenvalue weighted by Crippen LogP contribution is 2.12. The Bertz CT molecular complexity index is 668. The van der Waals surface area contributed by atoms with Crippen LogP contribution in [-0.2, 0) is 14.8 Å². The molecule has 0 atom stereocenters. The highest BCUT2D eigenvalue weighted by molar-refractivity contribution is 7.88. The zero-order chi connectivity index (χ0) is 17.6. The van der Waals surface area contributed by atoms with Crippen LogP contribution in [0.1, 0.15) is 37.6 Å². The lowest BCUT2D eigenvalue weighted by atomic mass is 10.1. The van der Waals surface area contributed by atoms with Gasteiger partial charge in [-0.2, -0.15) is 4.31 Å². The van der Waals surface area contributed by atoms with Crippen LogP contribution in [-0.4, -0.2) is 43.8 Å². The number of ketones is 1. The second-order valence-corrected chi connectivity index (χ2v) is 7.95. The van der Waals surface area contributed by atoms with Crippen LogP contribution in [0.4, 0.5) is 5.69 Å². The van der Waals surface area contributed by atoms with Gasteiger partial charge in [-0.15, -0.1) is 0 Å². The molecular formula is C16H24N2O4S. The predicted octanol–water partition coefficient (Wildman–Crippen LogP) is 2.14. The Balaban J connectivity index is 2.76. The van der Waals surface area contributed by atoms with Crippen LogP contribution in [0.25, 0.3) is 0 Å². The Labute approximate surface area is 137 Å². The van der Waals surface area contributed by atoms with E-state index in [-0.39, 0.29) is 12.3 Å². The van der Waals surface area contributed by atoms with E-state index in [1.54, 1.807) is 24.3 Å². The number of Topliss-reactive ketones (excluding diaryl/α,β-unsaturated/α-hetero) is 1. The molecular weight excluding hydrogens is 316 g/mol. The number of anilines is 1. The van der Waals surface area contributed by atoms with E-state index in [1.807, 2.05) is 13.8 Å². The fourth-order valence-electron chi connectivity index (χ4n) is 1.94. The lowest BCUT2D eigenvalue weighted by molar-refractivity contribution is -0.116. The normalized spacial score (nSPS) is 11.7. The van der Waals surface area contributed by atoms with E-state index >= 15 is 0 Å². The Kier molecular flexibility index (Phi) is 6.90. The van der Waals surface area contributed by atoms with Gasteiger partial charge in [-0.05, 0) is 31.4 Å². The third kappa shape index (κ3) is 6.92. The van der Waals surface area contributed by atoms with E-state index in [2.05, 4.69) is 5.32 Å². The molecule has 0 aliphatic heterocycles. The first-order valence-electron chi connectivity index (χ1n) is 7.45. The SMILES string of the molecule is CC(=O)c1cccc(NC(=O)CN(CCC(C)C)S(C)(=O)=O)c1. The van der Waals surface area contributed by atoms with E-state index in [1.165, 1.54) is 6.92 Å². The van der Waals surface area contributed by atoms with Gasteiger partial charge in [0.2, 0.25) is 15.9 Å². The number of rotatable bonds is 8. The summed E-state index contributed by atoms with van der Waals surface area (Å²) in [5.41, 5.74) is 0.961. The molecule has 23 heavy (non-hydrogen) atoms. The summed E-state index contributed by atoms with van der Waals surface area (Å²) in [6, 6.07) is 6.55. The molecule has 0 fully saturated rings. The maximum absolute atomic E-state index is 12.1. The summed E-state index contributed by atoms with van der Waals surface area (Å²) in [6.45, 7) is 5.49. The quantitative estimate of drug-likeness (QED) is 0.735. The molecule has 0 saturated carbocycles. The molecule has 7 heteroatoms. The van der Waals surface area contributed by atoms with Crippen LogP contribution in [0.5, 0.6) is 0 Å². The number of hydrogen-bond acceptors (Lipinski definition) is 4. The van der Waals surface area contributed by atoms with Crippen molar-refractivity contribution in [2.45, 2.75) is 27.2 Å². The summed E-state index contributed by atoms with van der Waals surface area (Å²) < 4.78 is 24.7. The second-order valence-electron chi connectivity index (χ2n) is 5.96. The van der Waals surface area contributed by atoms with Crippen molar-refractivity contribution < 1.29 is 18.0 Å². The summed E-state index contributed by atoms with van der Waals surface area (Å²) in [5, 5.41) is 2.63. The minimum absolute atomic E-state index is 0.101. The van der Waals surface area contributed by atoms with Gasteiger partial charge in [0.15, 0.2) is 5.78 Å². The molecule has 0 saturated heterocycles. The molecule has 0 heterocycles. The maximum atomic E-state index is 12.1. The molecule has 0 aliphatic carbocycles. The molecule has 0 radical (unpaired) electrons. The van der Waals surface area contributed by atoms with E-state index < -0.39 is 15.9 Å². The molecule has 1 rings (SSSR count). The summed E-state index contributed by atoms with van der Waals surface area (Å²) in [4.78, 5) is 23.4. The van der Waals surface area contributed by atoms with Crippen LogP contribution >= 0.6 is 0 Å². The smallest absolute Gasteiger partial charge is 0.239 e. The summed E-state index contributed by atoms with van der Waals surface area (Å²) in [7, 11) is -3.45. The third-order valence-electron chi connectivity index (χ3n) is 3.30. The molecule has 1 amide bonds. The van der Waals surface area contributed by atoms with Crippen molar-refractivity contribution in [3.63, 3.8) is 0 Å². The molecule has 0 aliphatic rings. The number of carbonyl (C=O) groups excluding carboxylic acids is 2. The van der Waals surface area contributed by atoms with E-state index in [9.17, 15) is 18.0 Å². The average molecular weight is 340 g/mol. The van der Waals surface area contributed by atoms with Crippen molar-refractivity contribution in [1.29, 1.82) is 0 Å². The lowest BCUT2D eigenvalue weighted by Crippen LogP contribution is -2.38. The van der Waals surface area contributed by atoms with Gasteiger partial charge in [-0.3, -0.25) is 9.59 Å². The summed E-state index contributed by atoms with van der Waals surface area (Å²) >= 11 is 0. The molecule has 1 aromatic carbocycles. The molecule has 0 unspecified atom stereocenters. The van der Waals surface area contributed by atoms with Gasteiger partial charge in [0, 0.05) is 17.8 Å². The monoisotopic (exact) mass is 340 g/mol. The fraction of sp³-hybridized carbons (Fsp3) is 0.500. The first-order chi connectivity index (χ1) is 10.6. The average Bonchev–Trinajstić information content (AvgIpc) is 2.42. The van der Waals surface area contributed by atoms with Crippen molar-refractivity contribution in [2.75, 3.05) is 24.7 Å². The van der Waals surface area contributed by atoms with Gasteiger partial charge >= 0.3 is 0 Å². The number of sulfonamides is 1. The zero-order valence-electron chi connectivity index (χ0n) is 14.0.